The highest BCUT2D eigenvalue weighted by atomic mass is 79.9. The number of benzene rings is 1. The molecule has 3 rings (SSSR count). The largest absolute Gasteiger partial charge is 0.396 e. The van der Waals surface area contributed by atoms with E-state index in [9.17, 15) is 9.50 Å². The molecule has 0 heterocycles. The zero-order valence-electron chi connectivity index (χ0n) is 10.3. The van der Waals surface area contributed by atoms with Crippen molar-refractivity contribution in [3.05, 3.63) is 34.1 Å². The zero-order chi connectivity index (χ0) is 12.8. The average Bonchev–Trinajstić information content (AvgIpc) is 2.96. The van der Waals surface area contributed by atoms with E-state index in [1.165, 1.54) is 25.3 Å². The lowest BCUT2D eigenvalue weighted by atomic mass is 9.70. The highest BCUT2D eigenvalue weighted by molar-refractivity contribution is 9.10. The molecule has 18 heavy (non-hydrogen) atoms. The first-order chi connectivity index (χ1) is 8.64. The fraction of sp³-hybridized carbons (Fsp3) is 0.600. The maximum absolute atomic E-state index is 13.6. The molecule has 0 aliphatic heterocycles. The monoisotopic (exact) mass is 312 g/mol. The van der Waals surface area contributed by atoms with Crippen LogP contribution in [0.15, 0.2) is 22.7 Å². The molecule has 2 fully saturated rings. The number of fused-ring (bicyclic) bond motifs is 2. The van der Waals surface area contributed by atoms with Crippen molar-refractivity contribution in [1.82, 2.24) is 0 Å². The summed E-state index contributed by atoms with van der Waals surface area (Å²) in [5.74, 6) is 1.21. The Balaban J connectivity index is 1.88. The molecular weight excluding hydrogens is 295 g/mol. The predicted octanol–water partition coefficient (Wildman–Crippen LogP) is 3.93. The number of rotatable bonds is 3. The summed E-state index contributed by atoms with van der Waals surface area (Å²) in [4.78, 5) is 0. The highest BCUT2D eigenvalue weighted by Gasteiger charge is 2.50. The van der Waals surface area contributed by atoms with E-state index >= 15 is 0 Å². The molecule has 0 radical (unpaired) electrons. The van der Waals surface area contributed by atoms with Crippen molar-refractivity contribution in [2.24, 2.45) is 17.3 Å². The molecule has 3 heteroatoms. The van der Waals surface area contributed by atoms with Gasteiger partial charge in [0.2, 0.25) is 0 Å². The molecular formula is C15H18BrFO. The average molecular weight is 313 g/mol. The fourth-order valence-electron chi connectivity index (χ4n) is 4.09. The third kappa shape index (κ3) is 1.92. The Bertz CT molecular complexity index is 462. The van der Waals surface area contributed by atoms with Gasteiger partial charge < -0.3 is 5.11 Å². The van der Waals surface area contributed by atoms with Gasteiger partial charge in [0, 0.05) is 12.0 Å². The van der Waals surface area contributed by atoms with Gasteiger partial charge in [-0.05, 0) is 65.1 Å². The molecule has 98 valence electrons. The van der Waals surface area contributed by atoms with Gasteiger partial charge in [0.15, 0.2) is 0 Å². The van der Waals surface area contributed by atoms with Crippen LogP contribution in [0.1, 0.15) is 31.2 Å². The smallest absolute Gasteiger partial charge is 0.137 e. The van der Waals surface area contributed by atoms with Crippen LogP contribution < -0.4 is 0 Å². The molecule has 1 aromatic rings. The third-order valence-corrected chi connectivity index (χ3v) is 5.88. The maximum Gasteiger partial charge on any atom is 0.137 e. The van der Waals surface area contributed by atoms with E-state index in [4.69, 9.17) is 0 Å². The molecule has 0 spiro atoms. The van der Waals surface area contributed by atoms with E-state index in [1.807, 2.05) is 6.07 Å². The molecule has 1 nitrogen and oxygen atoms in total. The van der Waals surface area contributed by atoms with Crippen LogP contribution in [0.3, 0.4) is 0 Å². The van der Waals surface area contributed by atoms with E-state index < -0.39 is 0 Å². The summed E-state index contributed by atoms with van der Waals surface area (Å²) in [7, 11) is 0. The Kier molecular flexibility index (Phi) is 3.23. The van der Waals surface area contributed by atoms with Crippen molar-refractivity contribution in [2.45, 2.75) is 32.1 Å². The van der Waals surface area contributed by atoms with Crippen molar-refractivity contribution in [3.63, 3.8) is 0 Å². The second-order valence-corrected chi connectivity index (χ2v) is 6.78. The molecule has 0 saturated heterocycles. The number of hydrogen-bond acceptors (Lipinski definition) is 1. The SMILES string of the molecule is OCC1(Cc2cccc(F)c2Br)CC2CCC1C2. The summed E-state index contributed by atoms with van der Waals surface area (Å²) in [5, 5.41) is 9.85. The van der Waals surface area contributed by atoms with Crippen LogP contribution >= 0.6 is 15.9 Å². The summed E-state index contributed by atoms with van der Waals surface area (Å²) in [6.07, 6.45) is 5.71. The fourth-order valence-corrected chi connectivity index (χ4v) is 4.49. The summed E-state index contributed by atoms with van der Waals surface area (Å²) < 4.78 is 14.1. The van der Waals surface area contributed by atoms with Gasteiger partial charge in [0.05, 0.1) is 4.47 Å². The van der Waals surface area contributed by atoms with Crippen molar-refractivity contribution < 1.29 is 9.50 Å². The molecule has 0 aromatic heterocycles. The van der Waals surface area contributed by atoms with Gasteiger partial charge in [-0.3, -0.25) is 0 Å². The Morgan fingerprint density at radius 1 is 1.39 bits per heavy atom. The van der Waals surface area contributed by atoms with Crippen LogP contribution in [0.2, 0.25) is 0 Å². The Morgan fingerprint density at radius 3 is 2.83 bits per heavy atom. The minimum absolute atomic E-state index is 0.000764. The summed E-state index contributed by atoms with van der Waals surface area (Å²) >= 11 is 3.34. The molecule has 3 unspecified atom stereocenters. The first kappa shape index (κ1) is 12.6. The molecule has 2 saturated carbocycles. The molecule has 1 aromatic carbocycles. The first-order valence-corrected chi connectivity index (χ1v) is 7.48. The highest BCUT2D eigenvalue weighted by Crippen LogP contribution is 2.57. The number of aliphatic hydroxyl groups excluding tert-OH is 1. The van der Waals surface area contributed by atoms with E-state index in [0.717, 1.165) is 24.3 Å². The summed E-state index contributed by atoms with van der Waals surface area (Å²) in [6.45, 7) is 0.233. The van der Waals surface area contributed by atoms with Gasteiger partial charge in [0.25, 0.3) is 0 Å². The number of hydrogen-bond donors (Lipinski definition) is 1. The molecule has 3 atom stereocenters. The van der Waals surface area contributed by atoms with Gasteiger partial charge in [0.1, 0.15) is 5.82 Å². The molecule has 2 bridgehead atoms. The maximum atomic E-state index is 13.6. The van der Waals surface area contributed by atoms with E-state index in [2.05, 4.69) is 15.9 Å². The van der Waals surface area contributed by atoms with Gasteiger partial charge in [-0.2, -0.15) is 0 Å². The lowest BCUT2D eigenvalue weighted by molar-refractivity contribution is 0.0649. The quantitative estimate of drug-likeness (QED) is 0.896. The summed E-state index contributed by atoms with van der Waals surface area (Å²) in [5.41, 5.74) is 0.996. The second-order valence-electron chi connectivity index (χ2n) is 5.99. The Hall–Kier alpha value is -0.410. The predicted molar refractivity (Wildman–Crippen MR) is 72.8 cm³/mol. The van der Waals surface area contributed by atoms with Crippen molar-refractivity contribution in [1.29, 1.82) is 0 Å². The van der Waals surface area contributed by atoms with Gasteiger partial charge >= 0.3 is 0 Å². The molecule has 1 N–H and O–H groups in total. The van der Waals surface area contributed by atoms with Crippen molar-refractivity contribution in [2.75, 3.05) is 6.61 Å². The molecule has 2 aliphatic rings. The zero-order valence-corrected chi connectivity index (χ0v) is 11.9. The van der Waals surface area contributed by atoms with E-state index in [1.54, 1.807) is 6.07 Å². The van der Waals surface area contributed by atoms with Crippen LogP contribution in [-0.2, 0) is 6.42 Å². The van der Waals surface area contributed by atoms with Crippen LogP contribution in [0.5, 0.6) is 0 Å². The first-order valence-electron chi connectivity index (χ1n) is 6.68. The molecule has 2 aliphatic carbocycles. The lowest BCUT2D eigenvalue weighted by Crippen LogP contribution is -2.34. The van der Waals surface area contributed by atoms with Gasteiger partial charge in [-0.25, -0.2) is 4.39 Å². The number of halogens is 2. The lowest BCUT2D eigenvalue weighted by Gasteiger charge is -2.36. The topological polar surface area (TPSA) is 20.2 Å². The van der Waals surface area contributed by atoms with Gasteiger partial charge in [-0.1, -0.05) is 18.6 Å². The number of aliphatic hydroxyl groups is 1. The second kappa shape index (κ2) is 4.61. The van der Waals surface area contributed by atoms with Crippen molar-refractivity contribution >= 4 is 15.9 Å². The summed E-state index contributed by atoms with van der Waals surface area (Å²) in [6, 6.07) is 5.20. The third-order valence-electron chi connectivity index (χ3n) is 4.99. The van der Waals surface area contributed by atoms with E-state index in [0.29, 0.717) is 10.4 Å². The Morgan fingerprint density at radius 2 is 2.22 bits per heavy atom. The minimum atomic E-state index is -0.205. The van der Waals surface area contributed by atoms with Crippen LogP contribution in [-0.4, -0.2) is 11.7 Å². The molecule has 0 amide bonds. The van der Waals surface area contributed by atoms with Crippen LogP contribution in [0.4, 0.5) is 4.39 Å². The Labute approximate surface area is 116 Å². The van der Waals surface area contributed by atoms with Crippen LogP contribution in [0.25, 0.3) is 0 Å². The van der Waals surface area contributed by atoms with Gasteiger partial charge in [-0.15, -0.1) is 0 Å². The van der Waals surface area contributed by atoms with Crippen LogP contribution in [0, 0.1) is 23.1 Å². The van der Waals surface area contributed by atoms with Crippen molar-refractivity contribution in [3.8, 4) is 0 Å². The normalized spacial score (nSPS) is 34.2. The van der Waals surface area contributed by atoms with E-state index in [-0.39, 0.29) is 17.8 Å². The standard InChI is InChI=1S/C15H18BrFO/c16-14-11(2-1-3-13(14)17)8-15(9-18)7-10-4-5-12(15)6-10/h1-3,10,12,18H,4-9H2. The minimum Gasteiger partial charge on any atom is -0.396 e.